The Morgan fingerprint density at radius 1 is 0.833 bits per heavy atom. The minimum absolute atomic E-state index is 0.00152. The highest BCUT2D eigenvalue weighted by molar-refractivity contribution is 6.04. The van der Waals surface area contributed by atoms with Gasteiger partial charge in [0.1, 0.15) is 0 Å². The average Bonchev–Trinajstić information content (AvgIpc) is 2.45. The van der Waals surface area contributed by atoms with E-state index < -0.39 is 35.1 Å². The molecule has 0 spiro atoms. The molecule has 128 valence electrons. The molecule has 8 heteroatoms. The molecule has 0 unspecified atom stereocenters. The highest BCUT2D eigenvalue weighted by Gasteiger charge is 2.37. The summed E-state index contributed by atoms with van der Waals surface area (Å²) >= 11 is 0. The lowest BCUT2D eigenvalue weighted by molar-refractivity contribution is -0.143. The number of halogens is 6. The first-order chi connectivity index (χ1) is 11.0. The summed E-state index contributed by atoms with van der Waals surface area (Å²) in [6.45, 7) is 1.77. The quantitative estimate of drug-likeness (QED) is 0.736. The number of anilines is 1. The first kappa shape index (κ1) is 17.8. The van der Waals surface area contributed by atoms with Crippen molar-refractivity contribution in [3.8, 4) is 0 Å². The van der Waals surface area contributed by atoms with E-state index in [2.05, 4.69) is 5.32 Å². The smallest absolute Gasteiger partial charge is 0.322 e. The number of alkyl halides is 6. The third kappa shape index (κ3) is 4.27. The second-order valence-corrected chi connectivity index (χ2v) is 5.11. The van der Waals surface area contributed by atoms with E-state index >= 15 is 0 Å². The fourth-order valence-electron chi connectivity index (χ4n) is 1.94. The van der Waals surface area contributed by atoms with Gasteiger partial charge >= 0.3 is 12.4 Å². The van der Waals surface area contributed by atoms with Crippen molar-refractivity contribution in [3.63, 3.8) is 0 Å². The predicted octanol–water partition coefficient (Wildman–Crippen LogP) is 5.28. The molecule has 0 fully saturated rings. The molecule has 0 bridgehead atoms. The van der Waals surface area contributed by atoms with E-state index in [9.17, 15) is 31.1 Å². The molecule has 2 rings (SSSR count). The second kappa shape index (κ2) is 6.18. The van der Waals surface area contributed by atoms with Crippen LogP contribution in [0.3, 0.4) is 0 Å². The average molecular weight is 347 g/mol. The Morgan fingerprint density at radius 2 is 1.29 bits per heavy atom. The van der Waals surface area contributed by atoms with E-state index in [1.54, 1.807) is 19.1 Å². The molecule has 0 heterocycles. The first-order valence-electron chi connectivity index (χ1n) is 6.64. The van der Waals surface area contributed by atoms with Gasteiger partial charge in [0.2, 0.25) is 0 Å². The topological polar surface area (TPSA) is 29.1 Å². The van der Waals surface area contributed by atoms with Gasteiger partial charge in [-0.3, -0.25) is 4.79 Å². The lowest BCUT2D eigenvalue weighted by atomic mass is 10.1. The van der Waals surface area contributed by atoms with Crippen LogP contribution in [0.4, 0.5) is 32.0 Å². The van der Waals surface area contributed by atoms with Gasteiger partial charge < -0.3 is 5.32 Å². The van der Waals surface area contributed by atoms with Crippen molar-refractivity contribution >= 4 is 11.6 Å². The molecule has 0 aliphatic rings. The Hall–Kier alpha value is -2.51. The molecule has 0 atom stereocenters. The zero-order valence-electron chi connectivity index (χ0n) is 12.2. The van der Waals surface area contributed by atoms with Crippen molar-refractivity contribution < 1.29 is 31.1 Å². The van der Waals surface area contributed by atoms with Gasteiger partial charge in [-0.15, -0.1) is 0 Å². The third-order valence-corrected chi connectivity index (χ3v) is 3.16. The van der Waals surface area contributed by atoms with Gasteiger partial charge in [-0.25, -0.2) is 0 Å². The Labute approximate surface area is 133 Å². The van der Waals surface area contributed by atoms with Crippen LogP contribution in [0.5, 0.6) is 0 Å². The fraction of sp³-hybridized carbons (Fsp3) is 0.188. The maximum Gasteiger partial charge on any atom is 0.416 e. The van der Waals surface area contributed by atoms with E-state index in [4.69, 9.17) is 0 Å². The van der Waals surface area contributed by atoms with Crippen LogP contribution < -0.4 is 5.32 Å². The molecule has 2 aromatic carbocycles. The predicted molar refractivity (Wildman–Crippen MR) is 75.6 cm³/mol. The van der Waals surface area contributed by atoms with E-state index in [0.717, 1.165) is 5.56 Å². The van der Waals surface area contributed by atoms with Crippen LogP contribution in [-0.2, 0) is 12.4 Å². The second-order valence-electron chi connectivity index (χ2n) is 5.11. The van der Waals surface area contributed by atoms with Crippen molar-refractivity contribution in [3.05, 3.63) is 64.7 Å². The number of carbonyl (C=O) groups excluding carboxylic acids is 1. The summed E-state index contributed by atoms with van der Waals surface area (Å²) in [5.74, 6) is -0.803. The van der Waals surface area contributed by atoms with Crippen molar-refractivity contribution in [1.82, 2.24) is 0 Å². The van der Waals surface area contributed by atoms with Crippen molar-refractivity contribution in [2.24, 2.45) is 0 Å². The van der Waals surface area contributed by atoms with Crippen molar-refractivity contribution in [2.45, 2.75) is 19.3 Å². The molecule has 0 aliphatic carbocycles. The molecule has 0 saturated carbocycles. The maximum atomic E-state index is 12.8. The molecule has 0 aliphatic heterocycles. The van der Waals surface area contributed by atoms with Crippen molar-refractivity contribution in [2.75, 3.05) is 5.32 Å². The number of hydrogen-bond acceptors (Lipinski definition) is 1. The number of hydrogen-bond donors (Lipinski definition) is 1. The Kier molecular flexibility index (Phi) is 4.59. The monoisotopic (exact) mass is 347 g/mol. The molecule has 0 aromatic heterocycles. The molecule has 2 aromatic rings. The normalized spacial score (nSPS) is 12.1. The summed E-state index contributed by atoms with van der Waals surface area (Å²) < 4.78 is 76.6. The van der Waals surface area contributed by atoms with Crippen molar-refractivity contribution in [1.29, 1.82) is 0 Å². The molecular formula is C16H11F6NO. The number of nitrogens with one attached hydrogen (secondary N) is 1. The van der Waals surface area contributed by atoms with Crippen LogP contribution in [0.1, 0.15) is 27.0 Å². The number of benzene rings is 2. The Balaban J connectivity index is 2.38. The minimum Gasteiger partial charge on any atom is -0.322 e. The highest BCUT2D eigenvalue weighted by atomic mass is 19.4. The summed E-state index contributed by atoms with van der Waals surface area (Å²) in [5, 5.41) is 2.06. The van der Waals surface area contributed by atoms with E-state index in [-0.39, 0.29) is 11.6 Å². The zero-order chi connectivity index (χ0) is 18.1. The van der Waals surface area contributed by atoms with E-state index in [0.29, 0.717) is 12.1 Å². The molecular weight excluding hydrogens is 336 g/mol. The largest absolute Gasteiger partial charge is 0.416 e. The van der Waals surface area contributed by atoms with Crippen LogP contribution >= 0.6 is 0 Å². The molecule has 24 heavy (non-hydrogen) atoms. The van der Waals surface area contributed by atoms with E-state index in [1.165, 1.54) is 12.1 Å². The molecule has 0 radical (unpaired) electrons. The molecule has 2 nitrogen and oxygen atoms in total. The van der Waals surface area contributed by atoms with Crippen LogP contribution in [-0.4, -0.2) is 5.91 Å². The van der Waals surface area contributed by atoms with Gasteiger partial charge in [-0.1, -0.05) is 17.7 Å². The van der Waals surface area contributed by atoms with Gasteiger partial charge in [0.25, 0.3) is 5.91 Å². The third-order valence-electron chi connectivity index (χ3n) is 3.16. The fourth-order valence-corrected chi connectivity index (χ4v) is 1.94. The van der Waals surface area contributed by atoms with Crippen LogP contribution in [0.15, 0.2) is 42.5 Å². The SMILES string of the molecule is Cc1ccc(C(=O)Nc2cc(C(F)(F)F)cc(C(F)(F)F)c2)cc1. The van der Waals surface area contributed by atoms with Gasteiger partial charge in [-0.2, -0.15) is 26.3 Å². The standard InChI is InChI=1S/C16H11F6NO/c1-9-2-4-10(5-3-9)14(24)23-13-7-11(15(17,18)19)6-12(8-13)16(20,21)22/h2-8H,1H3,(H,23,24). The Bertz CT molecular complexity index is 714. The lowest BCUT2D eigenvalue weighted by Gasteiger charge is -2.14. The van der Waals surface area contributed by atoms with E-state index in [1.807, 2.05) is 0 Å². The summed E-state index contributed by atoms with van der Waals surface area (Å²) in [6, 6.07) is 6.96. The number of rotatable bonds is 2. The van der Waals surface area contributed by atoms with Crippen LogP contribution in [0.2, 0.25) is 0 Å². The van der Waals surface area contributed by atoms with Gasteiger partial charge in [-0.05, 0) is 37.3 Å². The van der Waals surface area contributed by atoms with Crippen LogP contribution in [0.25, 0.3) is 0 Å². The number of carbonyl (C=O) groups is 1. The maximum absolute atomic E-state index is 12.8. The molecule has 1 N–H and O–H groups in total. The summed E-state index contributed by atoms with van der Waals surface area (Å²) in [7, 11) is 0. The summed E-state index contributed by atoms with van der Waals surface area (Å²) in [5.41, 5.74) is -2.59. The van der Waals surface area contributed by atoms with Gasteiger partial charge in [0.15, 0.2) is 0 Å². The van der Waals surface area contributed by atoms with Gasteiger partial charge in [0, 0.05) is 11.3 Å². The number of aryl methyl sites for hydroxylation is 1. The van der Waals surface area contributed by atoms with Gasteiger partial charge in [0.05, 0.1) is 11.1 Å². The lowest BCUT2D eigenvalue weighted by Crippen LogP contribution is -2.15. The zero-order valence-corrected chi connectivity index (χ0v) is 12.2. The first-order valence-corrected chi connectivity index (χ1v) is 6.64. The molecule has 0 saturated heterocycles. The van der Waals surface area contributed by atoms with Crippen LogP contribution in [0, 0.1) is 6.92 Å². The minimum atomic E-state index is -4.97. The molecule has 1 amide bonds. The number of amides is 1. The summed E-state index contributed by atoms with van der Waals surface area (Å²) in [6.07, 6.45) is -9.94. The Morgan fingerprint density at radius 3 is 1.71 bits per heavy atom. The summed E-state index contributed by atoms with van der Waals surface area (Å²) in [4.78, 5) is 12.0. The highest BCUT2D eigenvalue weighted by Crippen LogP contribution is 2.37.